The summed E-state index contributed by atoms with van der Waals surface area (Å²) in [6.07, 6.45) is 0.288. The highest BCUT2D eigenvalue weighted by Crippen LogP contribution is 2.17. The van der Waals surface area contributed by atoms with Gasteiger partial charge in [0.1, 0.15) is 0 Å². The first-order chi connectivity index (χ1) is 8.06. The lowest BCUT2D eigenvalue weighted by atomic mass is 10.1. The maximum atomic E-state index is 11.9. The molecule has 2 rings (SSSR count). The second-order valence-corrected chi connectivity index (χ2v) is 4.49. The second kappa shape index (κ2) is 4.57. The minimum atomic E-state index is -0.246. The van der Waals surface area contributed by atoms with Crippen molar-refractivity contribution in [1.82, 2.24) is 5.32 Å². The van der Waals surface area contributed by atoms with Gasteiger partial charge in [-0.2, -0.15) is 0 Å². The lowest BCUT2D eigenvalue weighted by Crippen LogP contribution is -2.24. The largest absolute Gasteiger partial charge is 0.355 e. The third-order valence-electron chi connectivity index (χ3n) is 3.12. The third-order valence-corrected chi connectivity index (χ3v) is 3.12. The second-order valence-electron chi connectivity index (χ2n) is 4.49. The van der Waals surface area contributed by atoms with Crippen LogP contribution >= 0.6 is 0 Å². The monoisotopic (exact) mass is 232 g/mol. The van der Waals surface area contributed by atoms with Gasteiger partial charge < -0.3 is 10.6 Å². The Morgan fingerprint density at radius 2 is 2.12 bits per heavy atom. The van der Waals surface area contributed by atoms with Crippen molar-refractivity contribution >= 4 is 17.5 Å². The van der Waals surface area contributed by atoms with E-state index in [-0.39, 0.29) is 24.2 Å². The SMILES string of the molecule is Cc1ccc(NC(=O)C2CNC(=O)C2)cc1C. The quantitative estimate of drug-likeness (QED) is 0.809. The number of hydrogen-bond acceptors (Lipinski definition) is 2. The fourth-order valence-corrected chi connectivity index (χ4v) is 1.85. The van der Waals surface area contributed by atoms with Gasteiger partial charge >= 0.3 is 0 Å². The number of amides is 2. The Morgan fingerprint density at radius 3 is 2.71 bits per heavy atom. The number of aryl methyl sites for hydroxylation is 2. The highest BCUT2D eigenvalue weighted by Gasteiger charge is 2.27. The summed E-state index contributed by atoms with van der Waals surface area (Å²) in [4.78, 5) is 22.9. The zero-order valence-corrected chi connectivity index (χ0v) is 10.0. The van der Waals surface area contributed by atoms with Crippen LogP contribution in [0.2, 0.25) is 0 Å². The van der Waals surface area contributed by atoms with Crippen LogP contribution in [0.4, 0.5) is 5.69 Å². The highest BCUT2D eigenvalue weighted by molar-refractivity contribution is 5.97. The van der Waals surface area contributed by atoms with Crippen molar-refractivity contribution < 1.29 is 9.59 Å². The summed E-state index contributed by atoms with van der Waals surface area (Å²) in [6.45, 7) is 4.47. The summed E-state index contributed by atoms with van der Waals surface area (Å²) in [5.41, 5.74) is 3.13. The number of nitrogens with one attached hydrogen (secondary N) is 2. The van der Waals surface area contributed by atoms with Crippen molar-refractivity contribution in [2.75, 3.05) is 11.9 Å². The molecule has 0 bridgehead atoms. The first kappa shape index (κ1) is 11.6. The highest BCUT2D eigenvalue weighted by atomic mass is 16.2. The maximum Gasteiger partial charge on any atom is 0.229 e. The minimum Gasteiger partial charge on any atom is -0.355 e. The van der Waals surface area contributed by atoms with E-state index in [0.717, 1.165) is 11.3 Å². The lowest BCUT2D eigenvalue weighted by Gasteiger charge is -2.10. The molecular weight excluding hydrogens is 216 g/mol. The lowest BCUT2D eigenvalue weighted by molar-refractivity contribution is -0.123. The molecule has 0 aromatic heterocycles. The van der Waals surface area contributed by atoms with Gasteiger partial charge in [-0.05, 0) is 37.1 Å². The van der Waals surface area contributed by atoms with Gasteiger partial charge in [0.05, 0.1) is 5.92 Å². The number of carbonyl (C=O) groups is 2. The predicted octanol–water partition coefficient (Wildman–Crippen LogP) is 1.38. The van der Waals surface area contributed by atoms with E-state index in [4.69, 9.17) is 0 Å². The van der Waals surface area contributed by atoms with Crippen molar-refractivity contribution in [2.45, 2.75) is 20.3 Å². The summed E-state index contributed by atoms with van der Waals surface area (Å²) in [5.74, 6) is -0.388. The van der Waals surface area contributed by atoms with E-state index in [1.165, 1.54) is 5.56 Å². The number of anilines is 1. The molecule has 1 fully saturated rings. The van der Waals surface area contributed by atoms with Gasteiger partial charge in [-0.3, -0.25) is 9.59 Å². The van der Waals surface area contributed by atoms with Gasteiger partial charge in [0.15, 0.2) is 0 Å². The molecule has 1 heterocycles. The van der Waals surface area contributed by atoms with Crippen molar-refractivity contribution in [3.63, 3.8) is 0 Å². The molecule has 4 nitrogen and oxygen atoms in total. The molecule has 90 valence electrons. The molecule has 0 radical (unpaired) electrons. The minimum absolute atomic E-state index is 0.0507. The Morgan fingerprint density at radius 1 is 1.35 bits per heavy atom. The number of carbonyl (C=O) groups excluding carboxylic acids is 2. The molecule has 17 heavy (non-hydrogen) atoms. The molecule has 0 saturated carbocycles. The smallest absolute Gasteiger partial charge is 0.229 e. The number of hydrogen-bond donors (Lipinski definition) is 2. The molecule has 1 aliphatic heterocycles. The molecule has 1 aromatic rings. The molecule has 2 N–H and O–H groups in total. The van der Waals surface area contributed by atoms with Gasteiger partial charge in [-0.15, -0.1) is 0 Å². The van der Waals surface area contributed by atoms with Gasteiger partial charge in [0.2, 0.25) is 11.8 Å². The molecule has 1 unspecified atom stereocenters. The average Bonchev–Trinajstić information content (AvgIpc) is 2.70. The fraction of sp³-hybridized carbons (Fsp3) is 0.385. The average molecular weight is 232 g/mol. The molecule has 1 atom stereocenters. The Balaban J connectivity index is 2.03. The summed E-state index contributed by atoms with van der Waals surface area (Å²) in [5, 5.41) is 5.50. The van der Waals surface area contributed by atoms with Crippen LogP contribution in [0, 0.1) is 19.8 Å². The van der Waals surface area contributed by atoms with Crippen LogP contribution in [0.5, 0.6) is 0 Å². The zero-order chi connectivity index (χ0) is 12.4. The molecule has 1 saturated heterocycles. The van der Waals surface area contributed by atoms with Crippen molar-refractivity contribution in [3.8, 4) is 0 Å². The Bertz CT molecular complexity index is 468. The van der Waals surface area contributed by atoms with Crippen LogP contribution in [-0.4, -0.2) is 18.4 Å². The van der Waals surface area contributed by atoms with E-state index in [9.17, 15) is 9.59 Å². The molecular formula is C13H16N2O2. The molecule has 4 heteroatoms. The van der Waals surface area contributed by atoms with Crippen molar-refractivity contribution in [1.29, 1.82) is 0 Å². The Hall–Kier alpha value is -1.84. The van der Waals surface area contributed by atoms with E-state index in [2.05, 4.69) is 10.6 Å². The summed E-state index contributed by atoms with van der Waals surface area (Å²) in [7, 11) is 0. The zero-order valence-electron chi connectivity index (χ0n) is 10.0. The number of rotatable bonds is 2. The fourth-order valence-electron chi connectivity index (χ4n) is 1.85. The van der Waals surface area contributed by atoms with E-state index in [1.807, 2.05) is 32.0 Å². The van der Waals surface area contributed by atoms with Crippen molar-refractivity contribution in [2.24, 2.45) is 5.92 Å². The van der Waals surface area contributed by atoms with Gasteiger partial charge in [-0.25, -0.2) is 0 Å². The molecule has 0 spiro atoms. The molecule has 1 aliphatic rings. The molecule has 2 amide bonds. The van der Waals surface area contributed by atoms with Crippen LogP contribution in [-0.2, 0) is 9.59 Å². The van der Waals surface area contributed by atoms with E-state index >= 15 is 0 Å². The summed E-state index contributed by atoms with van der Waals surface area (Å²) in [6, 6.07) is 5.80. The summed E-state index contributed by atoms with van der Waals surface area (Å²) < 4.78 is 0. The van der Waals surface area contributed by atoms with Crippen LogP contribution in [0.25, 0.3) is 0 Å². The Kier molecular flexibility index (Phi) is 3.13. The predicted molar refractivity (Wildman–Crippen MR) is 65.7 cm³/mol. The summed E-state index contributed by atoms with van der Waals surface area (Å²) >= 11 is 0. The normalized spacial score (nSPS) is 18.9. The van der Waals surface area contributed by atoms with Crippen LogP contribution in [0.3, 0.4) is 0 Å². The number of benzene rings is 1. The Labute approximate surface area is 100 Å². The first-order valence-electron chi connectivity index (χ1n) is 5.71. The van der Waals surface area contributed by atoms with Gasteiger partial charge in [0, 0.05) is 18.7 Å². The van der Waals surface area contributed by atoms with Crippen molar-refractivity contribution in [3.05, 3.63) is 29.3 Å². The van der Waals surface area contributed by atoms with Crippen LogP contribution < -0.4 is 10.6 Å². The molecule has 1 aromatic carbocycles. The first-order valence-corrected chi connectivity index (χ1v) is 5.71. The van der Waals surface area contributed by atoms with Crippen LogP contribution in [0.1, 0.15) is 17.5 Å². The molecule has 0 aliphatic carbocycles. The topological polar surface area (TPSA) is 58.2 Å². The third kappa shape index (κ3) is 2.64. The van der Waals surface area contributed by atoms with Gasteiger partial charge in [-0.1, -0.05) is 6.07 Å². The van der Waals surface area contributed by atoms with Crippen LogP contribution in [0.15, 0.2) is 18.2 Å². The van der Waals surface area contributed by atoms with E-state index in [0.29, 0.717) is 6.54 Å². The van der Waals surface area contributed by atoms with E-state index in [1.54, 1.807) is 0 Å². The maximum absolute atomic E-state index is 11.9. The van der Waals surface area contributed by atoms with Gasteiger partial charge in [0.25, 0.3) is 0 Å². The standard InChI is InChI=1S/C13H16N2O2/c1-8-3-4-11(5-9(8)2)15-13(17)10-6-12(16)14-7-10/h3-5,10H,6-7H2,1-2H3,(H,14,16)(H,15,17). The van der Waals surface area contributed by atoms with E-state index < -0.39 is 0 Å².